The van der Waals surface area contributed by atoms with E-state index in [1.807, 2.05) is 13.8 Å². The van der Waals surface area contributed by atoms with Crippen molar-refractivity contribution in [1.29, 1.82) is 0 Å². The van der Waals surface area contributed by atoms with Crippen LogP contribution in [0.15, 0.2) is 136 Å². The zero-order valence-electron chi connectivity index (χ0n) is 24.9. The molecule has 0 radical (unpaired) electrons. The summed E-state index contributed by atoms with van der Waals surface area (Å²) in [5.41, 5.74) is 10.9. The number of allylic oxidation sites excluding steroid dienone is 7. The Morgan fingerprint density at radius 3 is 2.44 bits per heavy atom. The molecule has 0 amide bonds. The number of thioether (sulfide) groups is 1. The molecular formula is C38H40BrNS. The molecule has 3 aromatic carbocycles. The van der Waals surface area contributed by atoms with E-state index in [0.717, 1.165) is 33.4 Å². The molecule has 3 aromatic rings. The highest BCUT2D eigenvalue weighted by atomic mass is 79.9. The van der Waals surface area contributed by atoms with Crippen molar-refractivity contribution in [2.75, 3.05) is 4.90 Å². The summed E-state index contributed by atoms with van der Waals surface area (Å²) in [5.74, 6) is 0. The molecule has 0 aliphatic carbocycles. The topological polar surface area (TPSA) is 3.24 Å². The number of benzene rings is 3. The number of halogens is 1. The zero-order valence-corrected chi connectivity index (χ0v) is 27.3. The number of anilines is 2. The largest absolute Gasteiger partial charge is 0.330 e. The Hall–Kier alpha value is -3.27. The highest BCUT2D eigenvalue weighted by molar-refractivity contribution is 9.10. The molecule has 5 rings (SSSR count). The number of nitrogens with zero attached hydrogens (tertiary/aromatic N) is 1. The van der Waals surface area contributed by atoms with E-state index in [1.165, 1.54) is 44.1 Å². The zero-order chi connectivity index (χ0) is 29.5. The van der Waals surface area contributed by atoms with Gasteiger partial charge in [-0.25, -0.2) is 0 Å². The second-order valence-electron chi connectivity index (χ2n) is 10.2. The van der Waals surface area contributed by atoms with Gasteiger partial charge in [-0.15, -0.1) is 0 Å². The Bertz CT molecular complexity index is 1550. The van der Waals surface area contributed by atoms with Crippen molar-refractivity contribution in [3.8, 4) is 0 Å². The maximum Gasteiger partial charge on any atom is 0.0782 e. The fourth-order valence-electron chi connectivity index (χ4n) is 5.26. The lowest BCUT2D eigenvalue weighted by molar-refractivity contribution is 0.962. The molecule has 2 aliphatic rings. The molecule has 41 heavy (non-hydrogen) atoms. The minimum atomic E-state index is 0.0724. The van der Waals surface area contributed by atoms with E-state index in [2.05, 4.69) is 152 Å². The molecule has 2 heterocycles. The van der Waals surface area contributed by atoms with E-state index in [0.29, 0.717) is 0 Å². The lowest BCUT2D eigenvalue weighted by Crippen LogP contribution is -2.24. The van der Waals surface area contributed by atoms with Gasteiger partial charge in [0.05, 0.1) is 6.04 Å². The minimum Gasteiger partial charge on any atom is -0.330 e. The van der Waals surface area contributed by atoms with Gasteiger partial charge in [0.2, 0.25) is 0 Å². The molecular weight excluding hydrogens is 582 g/mol. The molecule has 2 aliphatic heterocycles. The van der Waals surface area contributed by atoms with Crippen LogP contribution in [0.25, 0.3) is 5.57 Å². The standard InChI is InChI=1S/C36H34BrNS.C2H6/c1-6-8-34-32(33-23-30(37)16-19-35(33)38(34)31-17-11-24(2)12-18-31)22-26(4)28-9-7-10-29-21-25(3)13-20-36(29)39-27(5)14-15-28;1-2/h6,8-9,11-23,34H,4-5,7,10H2,1-3H3;1-2H3/b8-6?,15-14-,28-9+,32-22-;. The second kappa shape index (κ2) is 14.1. The van der Waals surface area contributed by atoms with Crippen molar-refractivity contribution < 1.29 is 0 Å². The fraction of sp³-hybridized carbons (Fsp3) is 0.211. The Morgan fingerprint density at radius 1 is 0.976 bits per heavy atom. The van der Waals surface area contributed by atoms with E-state index in [9.17, 15) is 0 Å². The Kier molecular flexibility index (Phi) is 10.5. The molecule has 3 heteroatoms. The molecule has 1 atom stereocenters. The lowest BCUT2D eigenvalue weighted by atomic mass is 9.95. The summed E-state index contributed by atoms with van der Waals surface area (Å²) in [6, 6.07) is 22.1. The van der Waals surface area contributed by atoms with Crippen molar-refractivity contribution in [3.05, 3.63) is 153 Å². The summed E-state index contributed by atoms with van der Waals surface area (Å²) in [4.78, 5) is 4.75. The van der Waals surface area contributed by atoms with E-state index >= 15 is 0 Å². The smallest absolute Gasteiger partial charge is 0.0782 e. The van der Waals surface area contributed by atoms with Crippen LogP contribution in [0.1, 0.15) is 49.4 Å². The highest BCUT2D eigenvalue weighted by Gasteiger charge is 2.33. The van der Waals surface area contributed by atoms with Gasteiger partial charge in [0, 0.05) is 31.2 Å². The van der Waals surface area contributed by atoms with Gasteiger partial charge in [-0.05, 0) is 104 Å². The van der Waals surface area contributed by atoms with Gasteiger partial charge < -0.3 is 4.90 Å². The number of fused-ring (bicyclic) bond motifs is 2. The SMILES string of the molecule is C=C1/C=C\C(C(=C)/C=C2/c3cc(Br)ccc3N(c3ccc(C)cc3)C2C=CC)=C/CCc2cc(C)ccc2S1.CC. The molecule has 0 N–H and O–H groups in total. The summed E-state index contributed by atoms with van der Waals surface area (Å²) in [7, 11) is 0. The third kappa shape index (κ3) is 7.15. The Balaban J connectivity index is 0.00000189. The van der Waals surface area contributed by atoms with Crippen LogP contribution in [-0.4, -0.2) is 6.04 Å². The quantitative estimate of drug-likeness (QED) is 0.266. The van der Waals surface area contributed by atoms with Crippen LogP contribution in [0.2, 0.25) is 0 Å². The van der Waals surface area contributed by atoms with E-state index in [1.54, 1.807) is 11.8 Å². The number of hydrogen-bond donors (Lipinski definition) is 0. The number of aryl methyl sites for hydroxylation is 3. The monoisotopic (exact) mass is 621 g/mol. The van der Waals surface area contributed by atoms with Gasteiger partial charge in [-0.2, -0.15) is 0 Å². The molecule has 0 saturated carbocycles. The first kappa shape index (κ1) is 30.7. The summed E-state index contributed by atoms with van der Waals surface area (Å²) >= 11 is 5.47. The van der Waals surface area contributed by atoms with Gasteiger partial charge in [-0.1, -0.05) is 114 Å². The van der Waals surface area contributed by atoms with Crippen LogP contribution in [0, 0.1) is 13.8 Å². The van der Waals surface area contributed by atoms with Crippen molar-refractivity contribution in [3.63, 3.8) is 0 Å². The molecule has 0 aromatic heterocycles. The van der Waals surface area contributed by atoms with Crippen LogP contribution in [0.3, 0.4) is 0 Å². The van der Waals surface area contributed by atoms with Crippen LogP contribution in [0.5, 0.6) is 0 Å². The summed E-state index contributed by atoms with van der Waals surface area (Å²) in [6.07, 6.45) is 15.3. The van der Waals surface area contributed by atoms with Gasteiger partial charge in [0.25, 0.3) is 0 Å². The normalized spacial score (nSPS) is 19.6. The van der Waals surface area contributed by atoms with Crippen LogP contribution in [-0.2, 0) is 6.42 Å². The van der Waals surface area contributed by atoms with Gasteiger partial charge in [0.15, 0.2) is 0 Å². The highest BCUT2D eigenvalue weighted by Crippen LogP contribution is 2.47. The van der Waals surface area contributed by atoms with Gasteiger partial charge in [0.1, 0.15) is 0 Å². The lowest BCUT2D eigenvalue weighted by Gasteiger charge is -2.26. The van der Waals surface area contributed by atoms with Crippen LogP contribution in [0.4, 0.5) is 11.4 Å². The first-order valence-corrected chi connectivity index (χ1v) is 16.0. The van der Waals surface area contributed by atoms with Crippen molar-refractivity contribution in [1.82, 2.24) is 0 Å². The number of rotatable bonds is 4. The molecule has 210 valence electrons. The van der Waals surface area contributed by atoms with Crippen molar-refractivity contribution >= 4 is 44.6 Å². The predicted octanol–water partition coefficient (Wildman–Crippen LogP) is 11.9. The molecule has 1 unspecified atom stereocenters. The first-order valence-electron chi connectivity index (χ1n) is 14.4. The Labute approximate surface area is 259 Å². The van der Waals surface area contributed by atoms with Crippen LogP contribution >= 0.6 is 27.7 Å². The molecule has 0 bridgehead atoms. The Morgan fingerprint density at radius 2 is 1.71 bits per heavy atom. The fourth-order valence-corrected chi connectivity index (χ4v) is 6.47. The summed E-state index contributed by atoms with van der Waals surface area (Å²) in [5, 5.41) is 0. The third-order valence-electron chi connectivity index (χ3n) is 7.20. The first-order chi connectivity index (χ1) is 19.8. The number of hydrogen-bond acceptors (Lipinski definition) is 2. The molecule has 1 nitrogen and oxygen atoms in total. The third-order valence-corrected chi connectivity index (χ3v) is 8.71. The minimum absolute atomic E-state index is 0.0724. The van der Waals surface area contributed by atoms with E-state index < -0.39 is 0 Å². The summed E-state index contributed by atoms with van der Waals surface area (Å²) < 4.78 is 1.07. The molecule has 0 fully saturated rings. The molecule has 0 saturated heterocycles. The second-order valence-corrected chi connectivity index (χ2v) is 12.3. The van der Waals surface area contributed by atoms with Gasteiger partial charge >= 0.3 is 0 Å². The predicted molar refractivity (Wildman–Crippen MR) is 186 cm³/mol. The molecule has 0 spiro atoms. The van der Waals surface area contributed by atoms with E-state index in [-0.39, 0.29) is 6.04 Å². The average molecular weight is 623 g/mol. The van der Waals surface area contributed by atoms with Gasteiger partial charge in [-0.3, -0.25) is 0 Å². The van der Waals surface area contributed by atoms with Crippen molar-refractivity contribution in [2.45, 2.75) is 58.4 Å². The average Bonchev–Trinajstić information content (AvgIpc) is 3.25. The van der Waals surface area contributed by atoms with Crippen LogP contribution < -0.4 is 4.90 Å². The van der Waals surface area contributed by atoms with Crippen molar-refractivity contribution in [2.24, 2.45) is 0 Å². The summed E-state index contributed by atoms with van der Waals surface area (Å²) in [6.45, 7) is 19.3. The maximum atomic E-state index is 4.56. The van der Waals surface area contributed by atoms with E-state index in [4.69, 9.17) is 0 Å². The maximum absolute atomic E-state index is 4.56.